The number of nitrogens with one attached hydrogen (secondary N) is 1. The van der Waals surface area contributed by atoms with E-state index in [1.54, 1.807) is 12.1 Å². The third kappa shape index (κ3) is 3.69. The van der Waals surface area contributed by atoms with Gasteiger partial charge in [0.15, 0.2) is 0 Å². The molecule has 0 saturated carbocycles. The molecule has 0 spiro atoms. The van der Waals surface area contributed by atoms with Gasteiger partial charge in [0.05, 0.1) is 4.90 Å². The fourth-order valence-corrected chi connectivity index (χ4v) is 3.11. The van der Waals surface area contributed by atoms with Gasteiger partial charge in [-0.1, -0.05) is 34.1 Å². The molecule has 0 saturated heterocycles. The quantitative estimate of drug-likeness (QED) is 0.913. The molecular weight excluding hydrogens is 338 g/mol. The molecule has 0 aliphatic carbocycles. The van der Waals surface area contributed by atoms with Crippen LogP contribution >= 0.6 is 15.9 Å². The van der Waals surface area contributed by atoms with Crippen molar-refractivity contribution < 1.29 is 8.42 Å². The van der Waals surface area contributed by atoms with E-state index in [4.69, 9.17) is 0 Å². The van der Waals surface area contributed by atoms with E-state index >= 15 is 0 Å². The molecule has 0 atom stereocenters. The zero-order valence-corrected chi connectivity index (χ0v) is 13.8. The first-order valence-corrected chi connectivity index (χ1v) is 8.47. The van der Waals surface area contributed by atoms with Gasteiger partial charge in [0.25, 0.3) is 0 Å². The first kappa shape index (κ1) is 15.2. The van der Waals surface area contributed by atoms with Gasteiger partial charge in [-0.3, -0.25) is 0 Å². The molecule has 106 valence electrons. The average molecular weight is 354 g/mol. The van der Waals surface area contributed by atoms with Crippen molar-refractivity contribution in [3.05, 3.63) is 63.6 Å². The summed E-state index contributed by atoms with van der Waals surface area (Å²) in [6.45, 7) is 4.15. The topological polar surface area (TPSA) is 46.2 Å². The third-order valence-electron chi connectivity index (χ3n) is 3.17. The van der Waals surface area contributed by atoms with Crippen LogP contribution in [-0.2, 0) is 16.6 Å². The molecule has 0 heterocycles. The van der Waals surface area contributed by atoms with E-state index in [0.717, 1.165) is 21.2 Å². The molecule has 3 nitrogen and oxygen atoms in total. The molecule has 0 bridgehead atoms. The summed E-state index contributed by atoms with van der Waals surface area (Å²) < 4.78 is 28.0. The van der Waals surface area contributed by atoms with Crippen molar-refractivity contribution in [1.82, 2.24) is 4.72 Å². The van der Waals surface area contributed by atoms with Gasteiger partial charge in [-0.25, -0.2) is 13.1 Å². The largest absolute Gasteiger partial charge is 0.240 e. The summed E-state index contributed by atoms with van der Waals surface area (Å²) >= 11 is 3.35. The lowest BCUT2D eigenvalue weighted by molar-refractivity contribution is 0.581. The minimum atomic E-state index is -3.47. The Labute approximate surface area is 128 Å². The maximum atomic E-state index is 12.2. The molecule has 0 fully saturated rings. The molecule has 0 radical (unpaired) electrons. The number of rotatable bonds is 4. The normalized spacial score (nSPS) is 11.6. The number of benzene rings is 2. The zero-order chi connectivity index (χ0) is 14.8. The minimum absolute atomic E-state index is 0.280. The second-order valence-corrected chi connectivity index (χ2v) is 7.38. The van der Waals surface area contributed by atoms with Crippen LogP contribution in [0.1, 0.15) is 16.7 Å². The average Bonchev–Trinajstić information content (AvgIpc) is 2.41. The summed E-state index contributed by atoms with van der Waals surface area (Å²) in [4.78, 5) is 0.303. The fraction of sp³-hybridized carbons (Fsp3) is 0.200. The van der Waals surface area contributed by atoms with Crippen LogP contribution in [0.3, 0.4) is 0 Å². The fourth-order valence-electron chi connectivity index (χ4n) is 1.75. The van der Waals surface area contributed by atoms with E-state index < -0.39 is 10.0 Å². The van der Waals surface area contributed by atoms with E-state index in [0.29, 0.717) is 4.90 Å². The molecular formula is C15H16BrNO2S. The van der Waals surface area contributed by atoms with E-state index in [2.05, 4.69) is 20.7 Å². The Morgan fingerprint density at radius 1 is 1.00 bits per heavy atom. The molecule has 2 aromatic carbocycles. The first-order chi connectivity index (χ1) is 9.38. The van der Waals surface area contributed by atoms with E-state index in [1.165, 1.54) is 0 Å². The SMILES string of the molecule is Cc1ccc(S(=O)(=O)NCc2ccc(Br)cc2)cc1C. The van der Waals surface area contributed by atoms with Crippen molar-refractivity contribution >= 4 is 26.0 Å². The van der Waals surface area contributed by atoms with Gasteiger partial charge in [-0.15, -0.1) is 0 Å². The summed E-state index contributed by atoms with van der Waals surface area (Å²) in [5.74, 6) is 0. The highest BCUT2D eigenvalue weighted by atomic mass is 79.9. The summed E-state index contributed by atoms with van der Waals surface area (Å²) in [6.07, 6.45) is 0. The van der Waals surface area contributed by atoms with E-state index in [-0.39, 0.29) is 6.54 Å². The van der Waals surface area contributed by atoms with Gasteiger partial charge in [-0.2, -0.15) is 0 Å². The van der Waals surface area contributed by atoms with Crippen LogP contribution in [0.15, 0.2) is 51.8 Å². The molecule has 0 aliphatic heterocycles. The van der Waals surface area contributed by atoms with Crippen LogP contribution in [-0.4, -0.2) is 8.42 Å². The Hall–Kier alpha value is -1.17. The highest BCUT2D eigenvalue weighted by Gasteiger charge is 2.14. The number of hydrogen-bond donors (Lipinski definition) is 1. The Balaban J connectivity index is 2.14. The summed E-state index contributed by atoms with van der Waals surface area (Å²) in [5, 5.41) is 0. The summed E-state index contributed by atoms with van der Waals surface area (Å²) in [6, 6.07) is 12.7. The summed E-state index contributed by atoms with van der Waals surface area (Å²) in [5.41, 5.74) is 2.97. The van der Waals surface area contributed by atoms with Crippen molar-refractivity contribution in [3.8, 4) is 0 Å². The lowest BCUT2D eigenvalue weighted by Gasteiger charge is -2.09. The van der Waals surface area contributed by atoms with Gasteiger partial charge >= 0.3 is 0 Å². The second-order valence-electron chi connectivity index (χ2n) is 4.70. The van der Waals surface area contributed by atoms with Gasteiger partial charge in [-0.05, 0) is 54.8 Å². The molecule has 1 N–H and O–H groups in total. The Morgan fingerprint density at radius 3 is 2.25 bits per heavy atom. The van der Waals surface area contributed by atoms with Crippen LogP contribution in [0.5, 0.6) is 0 Å². The Kier molecular flexibility index (Phi) is 4.62. The molecule has 2 aromatic rings. The van der Waals surface area contributed by atoms with Crippen LogP contribution in [0.4, 0.5) is 0 Å². The standard InChI is InChI=1S/C15H16BrNO2S/c1-11-3-8-15(9-12(11)2)20(18,19)17-10-13-4-6-14(16)7-5-13/h3-9,17H,10H2,1-2H3. The van der Waals surface area contributed by atoms with Gasteiger partial charge in [0.1, 0.15) is 0 Å². The smallest absolute Gasteiger partial charge is 0.207 e. The van der Waals surface area contributed by atoms with Crippen LogP contribution in [0.25, 0.3) is 0 Å². The predicted octanol–water partition coefficient (Wildman–Crippen LogP) is 3.54. The van der Waals surface area contributed by atoms with Crippen molar-refractivity contribution in [1.29, 1.82) is 0 Å². The van der Waals surface area contributed by atoms with Crippen molar-refractivity contribution in [2.24, 2.45) is 0 Å². The maximum Gasteiger partial charge on any atom is 0.240 e. The highest BCUT2D eigenvalue weighted by molar-refractivity contribution is 9.10. The predicted molar refractivity (Wildman–Crippen MR) is 84.1 cm³/mol. The number of aryl methyl sites for hydroxylation is 2. The molecule has 5 heteroatoms. The van der Waals surface area contributed by atoms with Crippen LogP contribution < -0.4 is 4.72 Å². The number of sulfonamides is 1. The third-order valence-corrected chi connectivity index (χ3v) is 5.10. The van der Waals surface area contributed by atoms with Gasteiger partial charge in [0, 0.05) is 11.0 Å². The molecule has 0 aromatic heterocycles. The van der Waals surface area contributed by atoms with Gasteiger partial charge < -0.3 is 0 Å². The summed E-state index contributed by atoms with van der Waals surface area (Å²) in [7, 11) is -3.47. The second kappa shape index (κ2) is 6.08. The van der Waals surface area contributed by atoms with Crippen LogP contribution in [0, 0.1) is 13.8 Å². The lowest BCUT2D eigenvalue weighted by Crippen LogP contribution is -2.23. The molecule has 0 amide bonds. The molecule has 0 unspecified atom stereocenters. The minimum Gasteiger partial charge on any atom is -0.207 e. The molecule has 0 aliphatic rings. The Bertz CT molecular complexity index is 709. The van der Waals surface area contributed by atoms with Crippen molar-refractivity contribution in [3.63, 3.8) is 0 Å². The Morgan fingerprint density at radius 2 is 1.65 bits per heavy atom. The van der Waals surface area contributed by atoms with Crippen molar-refractivity contribution in [2.45, 2.75) is 25.3 Å². The molecule has 2 rings (SSSR count). The van der Waals surface area contributed by atoms with E-state index in [1.807, 2.05) is 44.2 Å². The first-order valence-electron chi connectivity index (χ1n) is 6.20. The highest BCUT2D eigenvalue weighted by Crippen LogP contribution is 2.15. The number of halogens is 1. The zero-order valence-electron chi connectivity index (χ0n) is 11.4. The number of hydrogen-bond acceptors (Lipinski definition) is 2. The van der Waals surface area contributed by atoms with Crippen LogP contribution in [0.2, 0.25) is 0 Å². The molecule has 20 heavy (non-hydrogen) atoms. The maximum absolute atomic E-state index is 12.2. The van der Waals surface area contributed by atoms with E-state index in [9.17, 15) is 8.42 Å². The van der Waals surface area contributed by atoms with Gasteiger partial charge in [0.2, 0.25) is 10.0 Å². The van der Waals surface area contributed by atoms with Crippen molar-refractivity contribution in [2.75, 3.05) is 0 Å². The monoisotopic (exact) mass is 353 g/mol. The lowest BCUT2D eigenvalue weighted by atomic mass is 10.1.